The van der Waals surface area contributed by atoms with Crippen molar-refractivity contribution in [2.24, 2.45) is 29.6 Å². The quantitative estimate of drug-likeness (QED) is 0.773. The van der Waals surface area contributed by atoms with Crippen LogP contribution < -0.4 is 10.6 Å². The Morgan fingerprint density at radius 3 is 2.05 bits per heavy atom. The van der Waals surface area contributed by atoms with E-state index in [1.54, 1.807) is 0 Å². The van der Waals surface area contributed by atoms with E-state index in [4.69, 9.17) is 4.74 Å². The van der Waals surface area contributed by atoms with Gasteiger partial charge in [-0.1, -0.05) is 0 Å². The summed E-state index contributed by atoms with van der Waals surface area (Å²) in [6.45, 7) is 1.51. The van der Waals surface area contributed by atoms with E-state index in [9.17, 15) is 14.4 Å². The minimum Gasteiger partial charge on any atom is -0.452 e. The molecule has 0 radical (unpaired) electrons. The number of amides is 3. The predicted octanol–water partition coefficient (Wildman–Crippen LogP) is 1.45. The molecule has 0 saturated heterocycles. The highest BCUT2D eigenvalue weighted by atomic mass is 16.5. The predicted molar refractivity (Wildman–Crippen MR) is 78.7 cm³/mol. The Hall–Kier alpha value is -1.59. The van der Waals surface area contributed by atoms with Crippen molar-refractivity contribution in [1.29, 1.82) is 0 Å². The molecule has 4 bridgehead atoms. The van der Waals surface area contributed by atoms with Crippen molar-refractivity contribution in [2.45, 2.75) is 45.1 Å². The standard InChI is InChI=1S/C16H24N2O4/c1-8(14(19)18-16(21)17-2)22-15(20)13-11-4-9-3-10(6-11)7-12(13)5-9/h8-13H,3-7H2,1-2H3,(H2,17,18,19,21)/t8-,9?,10?,11?,12?,13?/m0/s1. The number of hydrogen-bond donors (Lipinski definition) is 2. The van der Waals surface area contributed by atoms with Crippen molar-refractivity contribution in [1.82, 2.24) is 10.6 Å². The van der Waals surface area contributed by atoms with Crippen LogP contribution in [-0.2, 0) is 14.3 Å². The van der Waals surface area contributed by atoms with Crippen molar-refractivity contribution >= 4 is 17.9 Å². The van der Waals surface area contributed by atoms with Gasteiger partial charge in [-0.2, -0.15) is 0 Å². The molecule has 0 unspecified atom stereocenters. The number of ether oxygens (including phenoxy) is 1. The Balaban J connectivity index is 1.58. The summed E-state index contributed by atoms with van der Waals surface area (Å²) in [5.74, 6) is 1.55. The van der Waals surface area contributed by atoms with Crippen LogP contribution in [0.2, 0.25) is 0 Å². The van der Waals surface area contributed by atoms with Gasteiger partial charge in [0.2, 0.25) is 0 Å². The lowest BCUT2D eigenvalue weighted by Gasteiger charge is -2.53. The van der Waals surface area contributed by atoms with Crippen molar-refractivity contribution in [3.05, 3.63) is 0 Å². The van der Waals surface area contributed by atoms with Crippen LogP contribution in [0, 0.1) is 29.6 Å². The maximum atomic E-state index is 12.5. The fourth-order valence-corrected chi connectivity index (χ4v) is 4.89. The Kier molecular flexibility index (Phi) is 4.10. The molecule has 0 heterocycles. The second-order valence-corrected chi connectivity index (χ2v) is 7.10. The zero-order chi connectivity index (χ0) is 15.9. The Morgan fingerprint density at radius 1 is 1.00 bits per heavy atom. The molecule has 3 amide bonds. The van der Waals surface area contributed by atoms with Crippen molar-refractivity contribution in [3.8, 4) is 0 Å². The summed E-state index contributed by atoms with van der Waals surface area (Å²) >= 11 is 0. The number of carbonyl (C=O) groups is 3. The molecule has 4 fully saturated rings. The summed E-state index contributed by atoms with van der Waals surface area (Å²) in [5, 5.41) is 4.43. The van der Waals surface area contributed by atoms with Crippen LogP contribution >= 0.6 is 0 Å². The zero-order valence-electron chi connectivity index (χ0n) is 13.1. The van der Waals surface area contributed by atoms with E-state index in [0.717, 1.165) is 37.5 Å². The fourth-order valence-electron chi connectivity index (χ4n) is 4.89. The first-order chi connectivity index (χ1) is 10.5. The molecule has 6 heteroatoms. The largest absolute Gasteiger partial charge is 0.452 e. The number of rotatable bonds is 3. The normalized spacial score (nSPS) is 36.5. The number of hydrogen-bond acceptors (Lipinski definition) is 4. The molecular formula is C16H24N2O4. The van der Waals surface area contributed by atoms with E-state index in [2.05, 4.69) is 10.6 Å². The van der Waals surface area contributed by atoms with E-state index in [1.165, 1.54) is 20.4 Å². The zero-order valence-corrected chi connectivity index (χ0v) is 13.1. The topological polar surface area (TPSA) is 84.5 Å². The second kappa shape index (κ2) is 5.89. The van der Waals surface area contributed by atoms with Crippen LogP contribution in [0.4, 0.5) is 4.79 Å². The SMILES string of the molecule is CNC(=O)NC(=O)[C@H](C)OC(=O)C1C2CC3CC(C2)CC1C3. The third-order valence-electron chi connectivity index (χ3n) is 5.62. The van der Waals surface area contributed by atoms with Crippen LogP contribution in [0.3, 0.4) is 0 Å². The molecule has 22 heavy (non-hydrogen) atoms. The summed E-state index contributed by atoms with van der Waals surface area (Å²) < 4.78 is 5.35. The van der Waals surface area contributed by atoms with Crippen LogP contribution in [0.25, 0.3) is 0 Å². The van der Waals surface area contributed by atoms with Crippen molar-refractivity contribution in [2.75, 3.05) is 7.05 Å². The molecule has 6 nitrogen and oxygen atoms in total. The number of esters is 1. The summed E-state index contributed by atoms with van der Waals surface area (Å²) in [5.41, 5.74) is 0. The van der Waals surface area contributed by atoms with Gasteiger partial charge in [-0.25, -0.2) is 4.79 Å². The Morgan fingerprint density at radius 2 is 1.55 bits per heavy atom. The molecule has 4 saturated carbocycles. The second-order valence-electron chi connectivity index (χ2n) is 7.10. The molecular weight excluding hydrogens is 284 g/mol. The van der Waals surface area contributed by atoms with Gasteiger partial charge in [0, 0.05) is 7.05 Å². The Bertz CT molecular complexity index is 463. The number of nitrogens with one attached hydrogen (secondary N) is 2. The summed E-state index contributed by atoms with van der Waals surface area (Å²) in [6.07, 6.45) is 4.91. The molecule has 0 aliphatic heterocycles. The molecule has 0 aromatic carbocycles. The Labute approximate surface area is 130 Å². The third kappa shape index (κ3) is 2.83. The minimum absolute atomic E-state index is 0.0527. The average molecular weight is 308 g/mol. The number of urea groups is 1. The number of carbonyl (C=O) groups excluding carboxylic acids is 3. The van der Waals surface area contributed by atoms with E-state index < -0.39 is 18.0 Å². The highest BCUT2D eigenvalue weighted by molar-refractivity contribution is 5.97. The molecule has 122 valence electrons. The average Bonchev–Trinajstić information content (AvgIpc) is 2.45. The highest BCUT2D eigenvalue weighted by Gasteiger charge is 2.51. The number of imide groups is 1. The van der Waals surface area contributed by atoms with E-state index in [-0.39, 0.29) is 11.9 Å². The van der Waals surface area contributed by atoms with Gasteiger partial charge in [0.1, 0.15) is 0 Å². The lowest BCUT2D eigenvalue weighted by atomic mass is 9.52. The minimum atomic E-state index is -0.943. The van der Waals surface area contributed by atoms with Crippen molar-refractivity contribution < 1.29 is 19.1 Å². The maximum Gasteiger partial charge on any atom is 0.321 e. The smallest absolute Gasteiger partial charge is 0.321 e. The van der Waals surface area contributed by atoms with E-state index in [1.807, 2.05) is 0 Å². The first kappa shape index (κ1) is 15.3. The van der Waals surface area contributed by atoms with Gasteiger partial charge >= 0.3 is 12.0 Å². The molecule has 0 aromatic heterocycles. The van der Waals surface area contributed by atoms with Crippen LogP contribution in [-0.4, -0.2) is 31.1 Å². The first-order valence-electron chi connectivity index (χ1n) is 8.21. The molecule has 0 spiro atoms. The van der Waals surface area contributed by atoms with Gasteiger partial charge < -0.3 is 10.1 Å². The summed E-state index contributed by atoms with van der Waals surface area (Å²) in [4.78, 5) is 35.4. The molecule has 2 N–H and O–H groups in total. The lowest BCUT2D eigenvalue weighted by Crippen LogP contribution is -2.50. The van der Waals surface area contributed by atoms with Gasteiger partial charge in [-0.15, -0.1) is 0 Å². The lowest BCUT2D eigenvalue weighted by molar-refractivity contribution is -0.170. The van der Waals surface area contributed by atoms with Gasteiger partial charge in [-0.05, 0) is 62.7 Å². The molecule has 0 aromatic rings. The van der Waals surface area contributed by atoms with Gasteiger partial charge in [-0.3, -0.25) is 14.9 Å². The summed E-state index contributed by atoms with van der Waals surface area (Å²) in [7, 11) is 1.42. The molecule has 4 aliphatic rings. The third-order valence-corrected chi connectivity index (χ3v) is 5.62. The van der Waals surface area contributed by atoms with Crippen molar-refractivity contribution in [3.63, 3.8) is 0 Å². The van der Waals surface area contributed by atoms with Crippen LogP contribution in [0.1, 0.15) is 39.0 Å². The van der Waals surface area contributed by atoms with Gasteiger partial charge in [0.25, 0.3) is 5.91 Å². The molecule has 4 rings (SSSR count). The molecule has 4 aliphatic carbocycles. The van der Waals surface area contributed by atoms with Gasteiger partial charge in [0.05, 0.1) is 5.92 Å². The van der Waals surface area contributed by atoms with Gasteiger partial charge in [0.15, 0.2) is 6.10 Å². The van der Waals surface area contributed by atoms with E-state index in [0.29, 0.717) is 11.8 Å². The fraction of sp³-hybridized carbons (Fsp3) is 0.812. The highest BCUT2D eigenvalue weighted by Crippen LogP contribution is 2.56. The summed E-state index contributed by atoms with van der Waals surface area (Å²) in [6, 6.07) is -0.595. The maximum absolute atomic E-state index is 12.5. The molecule has 1 atom stereocenters. The van der Waals surface area contributed by atoms with Crippen LogP contribution in [0.15, 0.2) is 0 Å². The van der Waals surface area contributed by atoms with E-state index >= 15 is 0 Å². The first-order valence-corrected chi connectivity index (χ1v) is 8.21. The van der Waals surface area contributed by atoms with Crippen LogP contribution in [0.5, 0.6) is 0 Å². The monoisotopic (exact) mass is 308 g/mol.